The molecular weight excluding hydrogens is 188 g/mol. The molecule has 3 nitrogen and oxygen atoms in total. The highest BCUT2D eigenvalue weighted by atomic mass is 16.2. The third-order valence-corrected chi connectivity index (χ3v) is 2.81. The van der Waals surface area contributed by atoms with Crippen LogP contribution < -0.4 is 10.6 Å². The van der Waals surface area contributed by atoms with E-state index in [9.17, 15) is 4.79 Å². The van der Waals surface area contributed by atoms with Gasteiger partial charge in [0, 0.05) is 12.6 Å². The summed E-state index contributed by atoms with van der Waals surface area (Å²) in [6.45, 7) is 9.46. The zero-order valence-corrected chi connectivity index (χ0v) is 10.4. The highest BCUT2D eigenvalue weighted by Gasteiger charge is 2.32. The molecule has 0 aromatic heterocycles. The summed E-state index contributed by atoms with van der Waals surface area (Å²) in [7, 11) is 0. The molecule has 1 rings (SSSR count). The Bertz CT molecular complexity index is 214. The first-order valence-corrected chi connectivity index (χ1v) is 5.95. The van der Waals surface area contributed by atoms with Crippen LogP contribution in [-0.4, -0.2) is 18.6 Å². The molecule has 0 aromatic rings. The molecule has 1 aliphatic carbocycles. The molecule has 0 bridgehead atoms. The second-order valence-corrected chi connectivity index (χ2v) is 5.80. The van der Waals surface area contributed by atoms with Gasteiger partial charge in [0.2, 0.25) is 0 Å². The first kappa shape index (κ1) is 12.3. The van der Waals surface area contributed by atoms with Crippen LogP contribution >= 0.6 is 0 Å². The number of hydrogen-bond acceptors (Lipinski definition) is 1. The quantitative estimate of drug-likeness (QED) is 0.741. The molecule has 0 aliphatic heterocycles. The average Bonchev–Trinajstić information content (AvgIpc) is 1.98. The molecule has 2 amide bonds. The molecule has 0 spiro atoms. The van der Waals surface area contributed by atoms with Gasteiger partial charge in [0.25, 0.3) is 0 Å². The van der Waals surface area contributed by atoms with E-state index in [-0.39, 0.29) is 6.03 Å². The lowest BCUT2D eigenvalue weighted by molar-refractivity contribution is 0.158. The number of carbonyl (C=O) groups is 1. The van der Waals surface area contributed by atoms with Crippen molar-refractivity contribution in [2.75, 3.05) is 6.54 Å². The van der Waals surface area contributed by atoms with Gasteiger partial charge in [-0.05, 0) is 37.5 Å². The summed E-state index contributed by atoms with van der Waals surface area (Å²) in [6, 6.07) is 0.389. The molecule has 0 aromatic carbocycles. The van der Waals surface area contributed by atoms with Crippen molar-refractivity contribution in [1.82, 2.24) is 10.6 Å². The van der Waals surface area contributed by atoms with Crippen LogP contribution in [0.2, 0.25) is 0 Å². The Morgan fingerprint density at radius 3 is 2.40 bits per heavy atom. The minimum Gasteiger partial charge on any atom is -0.338 e. The Hall–Kier alpha value is -0.730. The van der Waals surface area contributed by atoms with Crippen LogP contribution in [0.15, 0.2) is 0 Å². The molecule has 15 heavy (non-hydrogen) atoms. The molecule has 3 heteroatoms. The van der Waals surface area contributed by atoms with Crippen LogP contribution in [0.3, 0.4) is 0 Å². The Labute approximate surface area is 93.0 Å². The molecule has 1 aliphatic rings. The first-order chi connectivity index (χ1) is 6.90. The van der Waals surface area contributed by atoms with Gasteiger partial charge in [-0.2, -0.15) is 0 Å². The minimum atomic E-state index is -0.0169. The van der Waals surface area contributed by atoms with Crippen LogP contribution in [0.4, 0.5) is 4.79 Å². The van der Waals surface area contributed by atoms with Gasteiger partial charge >= 0.3 is 6.03 Å². The van der Waals surface area contributed by atoms with E-state index in [1.165, 1.54) is 6.42 Å². The first-order valence-electron chi connectivity index (χ1n) is 5.95. The van der Waals surface area contributed by atoms with Crippen LogP contribution in [-0.2, 0) is 0 Å². The van der Waals surface area contributed by atoms with Crippen LogP contribution in [0.25, 0.3) is 0 Å². The number of amides is 2. The topological polar surface area (TPSA) is 41.1 Å². The van der Waals surface area contributed by atoms with Crippen molar-refractivity contribution < 1.29 is 4.79 Å². The normalized spacial score (nSPS) is 25.6. The highest BCUT2D eigenvalue weighted by Crippen LogP contribution is 2.37. The van der Waals surface area contributed by atoms with E-state index in [0.29, 0.717) is 18.0 Å². The minimum absolute atomic E-state index is 0.0169. The Balaban J connectivity index is 2.13. The van der Waals surface area contributed by atoms with Crippen LogP contribution in [0.5, 0.6) is 0 Å². The van der Waals surface area contributed by atoms with Crippen molar-refractivity contribution in [2.24, 2.45) is 11.3 Å². The lowest BCUT2D eigenvalue weighted by Gasteiger charge is -2.39. The smallest absolute Gasteiger partial charge is 0.314 e. The molecule has 1 fully saturated rings. The van der Waals surface area contributed by atoms with Crippen LogP contribution in [0, 0.1) is 11.3 Å². The number of rotatable bonds is 3. The van der Waals surface area contributed by atoms with E-state index in [4.69, 9.17) is 0 Å². The van der Waals surface area contributed by atoms with Gasteiger partial charge in [-0.15, -0.1) is 0 Å². The van der Waals surface area contributed by atoms with Crippen molar-refractivity contribution >= 4 is 6.03 Å². The van der Waals surface area contributed by atoms with Crippen molar-refractivity contribution in [2.45, 2.75) is 53.0 Å². The zero-order chi connectivity index (χ0) is 11.5. The molecule has 0 saturated heterocycles. The van der Waals surface area contributed by atoms with E-state index in [1.807, 2.05) is 6.92 Å². The van der Waals surface area contributed by atoms with E-state index in [2.05, 4.69) is 31.4 Å². The second-order valence-electron chi connectivity index (χ2n) is 5.80. The van der Waals surface area contributed by atoms with Crippen molar-refractivity contribution in [1.29, 1.82) is 0 Å². The SMILES string of the molecule is CCNC(=O)N[C@H]1C[C@H](CC(C)(C)C)C1. The van der Waals surface area contributed by atoms with E-state index in [0.717, 1.165) is 18.8 Å². The molecule has 0 unspecified atom stereocenters. The number of carbonyl (C=O) groups excluding carboxylic acids is 1. The van der Waals surface area contributed by atoms with Gasteiger partial charge in [-0.25, -0.2) is 4.79 Å². The maximum Gasteiger partial charge on any atom is 0.314 e. The largest absolute Gasteiger partial charge is 0.338 e. The monoisotopic (exact) mass is 212 g/mol. The van der Waals surface area contributed by atoms with Gasteiger partial charge in [-0.3, -0.25) is 0 Å². The summed E-state index contributed by atoms with van der Waals surface area (Å²) < 4.78 is 0. The average molecular weight is 212 g/mol. The molecule has 0 heterocycles. The molecule has 1 saturated carbocycles. The Morgan fingerprint density at radius 2 is 1.93 bits per heavy atom. The number of urea groups is 1. The second kappa shape index (κ2) is 4.86. The fourth-order valence-corrected chi connectivity index (χ4v) is 2.28. The third-order valence-electron chi connectivity index (χ3n) is 2.81. The number of nitrogens with one attached hydrogen (secondary N) is 2. The fourth-order valence-electron chi connectivity index (χ4n) is 2.28. The fraction of sp³-hybridized carbons (Fsp3) is 0.917. The molecule has 88 valence electrons. The molecule has 2 N–H and O–H groups in total. The summed E-state index contributed by atoms with van der Waals surface area (Å²) in [5.74, 6) is 0.803. The molecular formula is C12H24N2O. The van der Waals surface area contributed by atoms with E-state index in [1.54, 1.807) is 0 Å². The zero-order valence-electron chi connectivity index (χ0n) is 10.4. The lowest BCUT2D eigenvalue weighted by atomic mass is 9.71. The summed E-state index contributed by atoms with van der Waals surface area (Å²) in [4.78, 5) is 11.2. The third kappa shape index (κ3) is 4.54. The van der Waals surface area contributed by atoms with Gasteiger partial charge in [-0.1, -0.05) is 20.8 Å². The summed E-state index contributed by atoms with van der Waals surface area (Å²) in [5.41, 5.74) is 0.418. The van der Waals surface area contributed by atoms with Gasteiger partial charge in [0.15, 0.2) is 0 Å². The van der Waals surface area contributed by atoms with Gasteiger partial charge < -0.3 is 10.6 Å². The summed E-state index contributed by atoms with van der Waals surface area (Å²) in [6.07, 6.45) is 3.56. The summed E-state index contributed by atoms with van der Waals surface area (Å²) in [5, 5.41) is 5.74. The van der Waals surface area contributed by atoms with Gasteiger partial charge in [0.1, 0.15) is 0 Å². The van der Waals surface area contributed by atoms with Crippen molar-refractivity contribution in [3.63, 3.8) is 0 Å². The predicted molar refractivity (Wildman–Crippen MR) is 62.8 cm³/mol. The molecule has 0 atom stereocenters. The van der Waals surface area contributed by atoms with Gasteiger partial charge in [0.05, 0.1) is 0 Å². The van der Waals surface area contributed by atoms with Crippen LogP contribution in [0.1, 0.15) is 47.0 Å². The molecule has 0 radical (unpaired) electrons. The number of hydrogen-bond donors (Lipinski definition) is 2. The standard InChI is InChI=1S/C12H24N2O/c1-5-13-11(15)14-10-6-9(7-10)8-12(2,3)4/h9-10H,5-8H2,1-4H3,(H2,13,14,15)/t9-,10-. The lowest BCUT2D eigenvalue weighted by Crippen LogP contribution is -2.48. The van der Waals surface area contributed by atoms with E-state index >= 15 is 0 Å². The maximum absolute atomic E-state index is 11.2. The highest BCUT2D eigenvalue weighted by molar-refractivity contribution is 5.74. The van der Waals surface area contributed by atoms with E-state index < -0.39 is 0 Å². The van der Waals surface area contributed by atoms with Crippen molar-refractivity contribution in [3.8, 4) is 0 Å². The Morgan fingerprint density at radius 1 is 1.33 bits per heavy atom. The Kier molecular flexibility index (Phi) is 4.00. The summed E-state index contributed by atoms with van der Waals surface area (Å²) >= 11 is 0. The predicted octanol–water partition coefficient (Wildman–Crippen LogP) is 2.52. The maximum atomic E-state index is 11.2. The van der Waals surface area contributed by atoms with Crippen molar-refractivity contribution in [3.05, 3.63) is 0 Å².